The Kier molecular flexibility index (Phi) is 4.99. The summed E-state index contributed by atoms with van der Waals surface area (Å²) >= 11 is 0. The third kappa shape index (κ3) is 3.85. The predicted molar refractivity (Wildman–Crippen MR) is 91.6 cm³/mol. The minimum absolute atomic E-state index is 0.242. The second kappa shape index (κ2) is 7.34. The van der Waals surface area contributed by atoms with Gasteiger partial charge in [0.2, 0.25) is 0 Å². The van der Waals surface area contributed by atoms with Gasteiger partial charge in [0.05, 0.1) is 0 Å². The molecule has 1 aliphatic heterocycles. The number of amides is 1. The molecular formula is C19H21FN2O2. The molecule has 0 spiro atoms. The van der Waals surface area contributed by atoms with Gasteiger partial charge in [-0.15, -0.1) is 0 Å². The molecule has 0 saturated carbocycles. The quantitative estimate of drug-likeness (QED) is 0.923. The van der Waals surface area contributed by atoms with Gasteiger partial charge in [0, 0.05) is 31.4 Å². The number of piperidine rings is 1. The van der Waals surface area contributed by atoms with Crippen molar-refractivity contribution in [3.63, 3.8) is 0 Å². The normalized spacial score (nSPS) is 15.3. The van der Waals surface area contributed by atoms with Gasteiger partial charge < -0.3 is 14.9 Å². The van der Waals surface area contributed by atoms with Crippen LogP contribution in [0.5, 0.6) is 0 Å². The molecule has 5 heteroatoms. The van der Waals surface area contributed by atoms with Crippen molar-refractivity contribution in [1.29, 1.82) is 0 Å². The number of benzene rings is 2. The van der Waals surface area contributed by atoms with Crippen molar-refractivity contribution < 1.29 is 14.3 Å². The standard InChI is InChI=1S/C19H21FN2O2/c20-16-6-8-17(9-7-16)22(14-15-4-2-1-3-5-15)18-10-12-21(13-11-18)19(23)24/h1-9,18H,10-14H2,(H,23,24). The fourth-order valence-corrected chi connectivity index (χ4v) is 3.21. The molecule has 1 aliphatic rings. The van der Waals surface area contributed by atoms with E-state index in [1.165, 1.54) is 22.6 Å². The van der Waals surface area contributed by atoms with Crippen LogP contribution < -0.4 is 4.90 Å². The van der Waals surface area contributed by atoms with Crippen molar-refractivity contribution in [2.45, 2.75) is 25.4 Å². The minimum atomic E-state index is -0.857. The number of likely N-dealkylation sites (tertiary alicyclic amines) is 1. The van der Waals surface area contributed by atoms with Crippen molar-refractivity contribution in [3.05, 3.63) is 66.0 Å². The fraction of sp³-hybridized carbons (Fsp3) is 0.316. The number of carbonyl (C=O) groups is 1. The Morgan fingerprint density at radius 1 is 1.08 bits per heavy atom. The SMILES string of the molecule is O=C(O)N1CCC(N(Cc2ccccc2)c2ccc(F)cc2)CC1. The number of hydrogen-bond acceptors (Lipinski definition) is 2. The maximum atomic E-state index is 13.3. The zero-order valence-electron chi connectivity index (χ0n) is 13.4. The van der Waals surface area contributed by atoms with Gasteiger partial charge in [-0.2, -0.15) is 0 Å². The molecule has 4 nitrogen and oxygen atoms in total. The van der Waals surface area contributed by atoms with Crippen LogP contribution in [-0.4, -0.2) is 35.2 Å². The van der Waals surface area contributed by atoms with Crippen LogP contribution in [0.4, 0.5) is 14.9 Å². The van der Waals surface area contributed by atoms with E-state index >= 15 is 0 Å². The van der Waals surface area contributed by atoms with E-state index < -0.39 is 6.09 Å². The monoisotopic (exact) mass is 328 g/mol. The number of anilines is 1. The Morgan fingerprint density at radius 2 is 1.71 bits per heavy atom. The summed E-state index contributed by atoms with van der Waals surface area (Å²) in [5.41, 5.74) is 2.15. The molecule has 2 aromatic rings. The summed E-state index contributed by atoms with van der Waals surface area (Å²) in [5, 5.41) is 9.12. The highest BCUT2D eigenvalue weighted by atomic mass is 19.1. The first-order valence-electron chi connectivity index (χ1n) is 8.17. The highest BCUT2D eigenvalue weighted by molar-refractivity contribution is 5.65. The molecule has 0 unspecified atom stereocenters. The molecule has 24 heavy (non-hydrogen) atoms. The summed E-state index contributed by atoms with van der Waals surface area (Å²) in [6.07, 6.45) is 0.692. The van der Waals surface area contributed by atoms with Crippen molar-refractivity contribution in [2.24, 2.45) is 0 Å². The molecule has 0 atom stereocenters. The summed E-state index contributed by atoms with van der Waals surface area (Å²) in [4.78, 5) is 14.8. The second-order valence-electron chi connectivity index (χ2n) is 6.09. The number of rotatable bonds is 4. The van der Waals surface area contributed by atoms with Gasteiger partial charge in [0.15, 0.2) is 0 Å². The van der Waals surface area contributed by atoms with E-state index in [4.69, 9.17) is 5.11 Å². The van der Waals surface area contributed by atoms with Crippen LogP contribution in [-0.2, 0) is 6.54 Å². The second-order valence-corrected chi connectivity index (χ2v) is 6.09. The number of hydrogen-bond donors (Lipinski definition) is 1. The molecule has 1 fully saturated rings. The fourth-order valence-electron chi connectivity index (χ4n) is 3.21. The summed E-state index contributed by atoms with van der Waals surface area (Å²) in [5.74, 6) is -0.251. The first kappa shape index (κ1) is 16.3. The van der Waals surface area contributed by atoms with Crippen molar-refractivity contribution >= 4 is 11.8 Å². The van der Waals surface area contributed by atoms with Crippen LogP contribution in [0.2, 0.25) is 0 Å². The first-order chi connectivity index (χ1) is 11.6. The van der Waals surface area contributed by atoms with E-state index in [2.05, 4.69) is 17.0 Å². The van der Waals surface area contributed by atoms with Crippen molar-refractivity contribution in [1.82, 2.24) is 4.90 Å². The Morgan fingerprint density at radius 3 is 2.29 bits per heavy atom. The van der Waals surface area contributed by atoms with E-state index in [0.29, 0.717) is 13.1 Å². The lowest BCUT2D eigenvalue weighted by molar-refractivity contribution is 0.131. The van der Waals surface area contributed by atoms with E-state index in [1.54, 1.807) is 12.1 Å². The highest BCUT2D eigenvalue weighted by Gasteiger charge is 2.27. The Bertz CT molecular complexity index is 668. The van der Waals surface area contributed by atoms with Gasteiger partial charge in [-0.25, -0.2) is 9.18 Å². The maximum absolute atomic E-state index is 13.3. The molecule has 1 amide bonds. The van der Waals surface area contributed by atoms with Gasteiger partial charge in [-0.05, 0) is 42.7 Å². The van der Waals surface area contributed by atoms with E-state index in [0.717, 1.165) is 25.1 Å². The molecule has 3 rings (SSSR count). The molecule has 0 aromatic heterocycles. The zero-order chi connectivity index (χ0) is 16.9. The number of halogens is 1. The lowest BCUT2D eigenvalue weighted by atomic mass is 10.0. The van der Waals surface area contributed by atoms with E-state index in [-0.39, 0.29) is 11.9 Å². The maximum Gasteiger partial charge on any atom is 0.407 e. The lowest BCUT2D eigenvalue weighted by Crippen LogP contribution is -2.46. The highest BCUT2D eigenvalue weighted by Crippen LogP contribution is 2.26. The molecule has 126 valence electrons. The first-order valence-corrected chi connectivity index (χ1v) is 8.17. The van der Waals surface area contributed by atoms with Gasteiger partial charge in [0.25, 0.3) is 0 Å². The summed E-state index contributed by atoms with van der Waals surface area (Å²) in [7, 11) is 0. The van der Waals surface area contributed by atoms with Crippen molar-refractivity contribution in [3.8, 4) is 0 Å². The molecule has 0 bridgehead atoms. The Labute approximate surface area is 141 Å². The van der Waals surface area contributed by atoms with Crippen LogP contribution >= 0.6 is 0 Å². The van der Waals surface area contributed by atoms with Crippen molar-refractivity contribution in [2.75, 3.05) is 18.0 Å². The van der Waals surface area contributed by atoms with Gasteiger partial charge in [-0.1, -0.05) is 30.3 Å². The molecule has 1 heterocycles. The summed E-state index contributed by atoms with van der Waals surface area (Å²) in [6.45, 7) is 1.79. The average molecular weight is 328 g/mol. The van der Waals surface area contributed by atoms with Gasteiger partial charge in [0.1, 0.15) is 5.82 Å². The van der Waals surface area contributed by atoms with Gasteiger partial charge in [-0.3, -0.25) is 0 Å². The molecular weight excluding hydrogens is 307 g/mol. The summed E-state index contributed by atoms with van der Waals surface area (Å²) < 4.78 is 13.3. The topological polar surface area (TPSA) is 43.8 Å². The molecule has 1 saturated heterocycles. The number of nitrogens with zero attached hydrogens (tertiary/aromatic N) is 2. The minimum Gasteiger partial charge on any atom is -0.465 e. The summed E-state index contributed by atoms with van der Waals surface area (Å²) in [6, 6.07) is 16.9. The number of carboxylic acid groups (broad SMARTS) is 1. The van der Waals surface area contributed by atoms with E-state index in [1.807, 2.05) is 18.2 Å². The zero-order valence-corrected chi connectivity index (χ0v) is 13.4. The van der Waals surface area contributed by atoms with Crippen LogP contribution in [0.15, 0.2) is 54.6 Å². The van der Waals surface area contributed by atoms with Crippen LogP contribution in [0.3, 0.4) is 0 Å². The molecule has 0 aliphatic carbocycles. The molecule has 0 radical (unpaired) electrons. The van der Waals surface area contributed by atoms with E-state index in [9.17, 15) is 9.18 Å². The molecule has 1 N–H and O–H groups in total. The molecule has 2 aromatic carbocycles. The lowest BCUT2D eigenvalue weighted by Gasteiger charge is -2.39. The van der Waals surface area contributed by atoms with Crippen LogP contribution in [0, 0.1) is 5.82 Å². The Hall–Kier alpha value is -2.56. The van der Waals surface area contributed by atoms with Crippen LogP contribution in [0.1, 0.15) is 18.4 Å². The van der Waals surface area contributed by atoms with Gasteiger partial charge >= 0.3 is 6.09 Å². The third-order valence-corrected chi connectivity index (χ3v) is 4.53. The largest absolute Gasteiger partial charge is 0.465 e. The average Bonchev–Trinajstić information content (AvgIpc) is 2.62. The Balaban J connectivity index is 1.79. The van der Waals surface area contributed by atoms with Crippen LogP contribution in [0.25, 0.3) is 0 Å². The third-order valence-electron chi connectivity index (χ3n) is 4.53. The smallest absolute Gasteiger partial charge is 0.407 e. The predicted octanol–water partition coefficient (Wildman–Crippen LogP) is 3.97.